The molecule has 0 spiro atoms. The fourth-order valence-corrected chi connectivity index (χ4v) is 2.09. The minimum Gasteiger partial charge on any atom is -0.494 e. The molecule has 0 aliphatic carbocycles. The normalized spacial score (nSPS) is 20.9. The van der Waals surface area contributed by atoms with Crippen molar-refractivity contribution in [3.05, 3.63) is 24.0 Å². The molecule has 3 nitrogen and oxygen atoms in total. The molecule has 0 saturated carbocycles. The number of halogens is 1. The lowest BCUT2D eigenvalue weighted by Gasteiger charge is -2.32. The fourth-order valence-electron chi connectivity index (χ4n) is 2.09. The highest BCUT2D eigenvalue weighted by Gasteiger charge is 2.17. The third kappa shape index (κ3) is 2.27. The predicted molar refractivity (Wildman–Crippen MR) is 62.4 cm³/mol. The molecule has 1 aliphatic rings. The van der Waals surface area contributed by atoms with Gasteiger partial charge in [-0.05, 0) is 25.0 Å². The molecule has 1 saturated heterocycles. The minimum absolute atomic E-state index is 0.213. The van der Waals surface area contributed by atoms with Crippen molar-refractivity contribution in [2.45, 2.75) is 18.9 Å². The van der Waals surface area contributed by atoms with Crippen LogP contribution in [-0.4, -0.2) is 26.2 Å². The van der Waals surface area contributed by atoms with Crippen LogP contribution in [0, 0.1) is 5.82 Å². The Hall–Kier alpha value is -1.29. The van der Waals surface area contributed by atoms with Crippen LogP contribution in [0.4, 0.5) is 10.1 Å². The average molecular weight is 224 g/mol. The van der Waals surface area contributed by atoms with Crippen LogP contribution in [0.15, 0.2) is 18.2 Å². The summed E-state index contributed by atoms with van der Waals surface area (Å²) in [6.45, 7) is 1.80. The van der Waals surface area contributed by atoms with Crippen molar-refractivity contribution >= 4 is 5.69 Å². The van der Waals surface area contributed by atoms with Gasteiger partial charge in [0.15, 0.2) is 11.6 Å². The average Bonchev–Trinajstić information content (AvgIpc) is 2.29. The third-order valence-corrected chi connectivity index (χ3v) is 2.96. The summed E-state index contributed by atoms with van der Waals surface area (Å²) in [6, 6.07) is 5.15. The summed E-state index contributed by atoms with van der Waals surface area (Å²) in [5.41, 5.74) is 6.90. The molecule has 1 aliphatic heterocycles. The molecule has 16 heavy (non-hydrogen) atoms. The number of nitrogens with zero attached hydrogens (tertiary/aromatic N) is 1. The summed E-state index contributed by atoms with van der Waals surface area (Å²) in [5.74, 6) is -0.0378. The van der Waals surface area contributed by atoms with Crippen LogP contribution in [-0.2, 0) is 0 Å². The summed E-state index contributed by atoms with van der Waals surface area (Å²) >= 11 is 0. The predicted octanol–water partition coefficient (Wildman–Crippen LogP) is 1.76. The first kappa shape index (κ1) is 11.2. The lowest BCUT2D eigenvalue weighted by Crippen LogP contribution is -2.42. The van der Waals surface area contributed by atoms with Gasteiger partial charge in [-0.15, -0.1) is 0 Å². The summed E-state index contributed by atoms with van der Waals surface area (Å²) in [6.07, 6.45) is 2.15. The molecular formula is C12H17FN2O. The fraction of sp³-hybridized carbons (Fsp3) is 0.500. The van der Waals surface area contributed by atoms with E-state index in [0.717, 1.165) is 31.6 Å². The summed E-state index contributed by atoms with van der Waals surface area (Å²) < 4.78 is 18.2. The number of methoxy groups -OCH3 is 1. The standard InChI is InChI=1S/C12H17FN2O/c1-16-12-7-10(4-5-11(12)13)15-6-2-3-9(14)8-15/h4-5,7,9H,2-3,6,8,14H2,1H3. The lowest BCUT2D eigenvalue weighted by atomic mass is 10.1. The number of hydrogen-bond donors (Lipinski definition) is 1. The van der Waals surface area contributed by atoms with Gasteiger partial charge >= 0.3 is 0 Å². The van der Waals surface area contributed by atoms with Gasteiger partial charge in [0.2, 0.25) is 0 Å². The monoisotopic (exact) mass is 224 g/mol. The Kier molecular flexibility index (Phi) is 3.29. The SMILES string of the molecule is COc1cc(N2CCCC(N)C2)ccc1F. The number of rotatable bonds is 2. The van der Waals surface area contributed by atoms with Gasteiger partial charge < -0.3 is 15.4 Å². The summed E-state index contributed by atoms with van der Waals surface area (Å²) in [5, 5.41) is 0. The Morgan fingerprint density at radius 2 is 2.31 bits per heavy atom. The maximum Gasteiger partial charge on any atom is 0.165 e. The number of nitrogens with two attached hydrogens (primary N) is 1. The highest BCUT2D eigenvalue weighted by Crippen LogP contribution is 2.26. The quantitative estimate of drug-likeness (QED) is 0.832. The molecule has 88 valence electrons. The van der Waals surface area contributed by atoms with E-state index < -0.39 is 0 Å². The molecule has 1 unspecified atom stereocenters. The molecule has 1 fully saturated rings. The zero-order valence-electron chi connectivity index (χ0n) is 9.45. The Morgan fingerprint density at radius 1 is 1.50 bits per heavy atom. The number of ether oxygens (including phenoxy) is 1. The molecule has 0 amide bonds. The van der Waals surface area contributed by atoms with Crippen molar-refractivity contribution in [2.75, 3.05) is 25.1 Å². The van der Waals surface area contributed by atoms with Crippen LogP contribution in [0.3, 0.4) is 0 Å². The molecule has 1 heterocycles. The molecule has 0 radical (unpaired) electrons. The van der Waals surface area contributed by atoms with Crippen molar-refractivity contribution in [1.82, 2.24) is 0 Å². The van der Waals surface area contributed by atoms with E-state index in [9.17, 15) is 4.39 Å². The second kappa shape index (κ2) is 4.70. The zero-order valence-corrected chi connectivity index (χ0v) is 9.45. The van der Waals surface area contributed by atoms with Gasteiger partial charge in [0.1, 0.15) is 0 Å². The van der Waals surface area contributed by atoms with Crippen LogP contribution >= 0.6 is 0 Å². The minimum atomic E-state index is -0.326. The van der Waals surface area contributed by atoms with Gasteiger partial charge in [0.25, 0.3) is 0 Å². The summed E-state index contributed by atoms with van der Waals surface area (Å²) in [7, 11) is 1.48. The van der Waals surface area contributed by atoms with E-state index >= 15 is 0 Å². The molecular weight excluding hydrogens is 207 g/mol. The van der Waals surface area contributed by atoms with Crippen molar-refractivity contribution in [3.8, 4) is 5.75 Å². The van der Waals surface area contributed by atoms with Crippen molar-refractivity contribution in [1.29, 1.82) is 0 Å². The van der Waals surface area contributed by atoms with E-state index in [1.165, 1.54) is 13.2 Å². The van der Waals surface area contributed by atoms with Gasteiger partial charge in [-0.1, -0.05) is 0 Å². The molecule has 4 heteroatoms. The Bertz CT molecular complexity index is 370. The zero-order chi connectivity index (χ0) is 11.5. The van der Waals surface area contributed by atoms with Gasteiger partial charge in [-0.2, -0.15) is 0 Å². The molecule has 1 atom stereocenters. The van der Waals surface area contributed by atoms with Crippen molar-refractivity contribution < 1.29 is 9.13 Å². The second-order valence-electron chi connectivity index (χ2n) is 4.17. The maximum absolute atomic E-state index is 13.2. The summed E-state index contributed by atoms with van der Waals surface area (Å²) in [4.78, 5) is 2.18. The molecule has 2 N–H and O–H groups in total. The number of benzene rings is 1. The molecule has 1 aromatic rings. The number of hydrogen-bond acceptors (Lipinski definition) is 3. The van der Waals surface area contributed by atoms with E-state index in [1.54, 1.807) is 12.1 Å². The van der Waals surface area contributed by atoms with Crippen LogP contribution in [0.5, 0.6) is 5.75 Å². The van der Waals surface area contributed by atoms with E-state index in [-0.39, 0.29) is 17.6 Å². The van der Waals surface area contributed by atoms with Gasteiger partial charge in [0.05, 0.1) is 7.11 Å². The number of piperidine rings is 1. The highest BCUT2D eigenvalue weighted by atomic mass is 19.1. The Morgan fingerprint density at radius 3 is 3.00 bits per heavy atom. The van der Waals surface area contributed by atoms with E-state index in [1.807, 2.05) is 0 Å². The topological polar surface area (TPSA) is 38.5 Å². The van der Waals surface area contributed by atoms with Crippen LogP contribution in [0.1, 0.15) is 12.8 Å². The molecule has 0 aromatic heterocycles. The van der Waals surface area contributed by atoms with Crippen LogP contribution in [0.2, 0.25) is 0 Å². The molecule has 1 aromatic carbocycles. The van der Waals surface area contributed by atoms with Gasteiger partial charge in [-0.3, -0.25) is 0 Å². The van der Waals surface area contributed by atoms with Crippen LogP contribution < -0.4 is 15.4 Å². The van der Waals surface area contributed by atoms with Crippen molar-refractivity contribution in [2.24, 2.45) is 5.73 Å². The molecule has 2 rings (SSSR count). The van der Waals surface area contributed by atoms with Crippen molar-refractivity contribution in [3.63, 3.8) is 0 Å². The third-order valence-electron chi connectivity index (χ3n) is 2.96. The van der Waals surface area contributed by atoms with Gasteiger partial charge in [0, 0.05) is 30.9 Å². The highest BCUT2D eigenvalue weighted by molar-refractivity contribution is 5.51. The first-order valence-electron chi connectivity index (χ1n) is 5.55. The largest absolute Gasteiger partial charge is 0.494 e. The lowest BCUT2D eigenvalue weighted by molar-refractivity contribution is 0.386. The van der Waals surface area contributed by atoms with Gasteiger partial charge in [-0.25, -0.2) is 4.39 Å². The smallest absolute Gasteiger partial charge is 0.165 e. The van der Waals surface area contributed by atoms with E-state index in [0.29, 0.717) is 0 Å². The van der Waals surface area contributed by atoms with E-state index in [4.69, 9.17) is 10.5 Å². The Balaban J connectivity index is 2.19. The first-order valence-corrected chi connectivity index (χ1v) is 5.55. The molecule has 0 bridgehead atoms. The van der Waals surface area contributed by atoms with Crippen LogP contribution in [0.25, 0.3) is 0 Å². The Labute approximate surface area is 95.0 Å². The first-order chi connectivity index (χ1) is 7.70. The number of anilines is 1. The second-order valence-corrected chi connectivity index (χ2v) is 4.17. The maximum atomic E-state index is 13.2. The van der Waals surface area contributed by atoms with E-state index in [2.05, 4.69) is 4.90 Å².